The summed E-state index contributed by atoms with van der Waals surface area (Å²) in [5, 5.41) is 12.0. The first kappa shape index (κ1) is 27.7. The molecule has 2 amide bonds. The van der Waals surface area contributed by atoms with Crippen LogP contribution in [0.15, 0.2) is 47.6 Å². The van der Waals surface area contributed by atoms with E-state index in [-0.39, 0.29) is 11.3 Å². The highest BCUT2D eigenvalue weighted by Gasteiger charge is 2.23. The van der Waals surface area contributed by atoms with Crippen LogP contribution in [0.5, 0.6) is 11.5 Å². The maximum atomic E-state index is 12.6. The highest BCUT2D eigenvalue weighted by atomic mass is 32.2. The highest BCUT2D eigenvalue weighted by molar-refractivity contribution is 8.14. The first-order valence-corrected chi connectivity index (χ1v) is 13.7. The number of methoxy groups -OCH3 is 1. The Balaban J connectivity index is 1.33. The minimum absolute atomic E-state index is 0.00320. The van der Waals surface area contributed by atoms with Crippen LogP contribution in [0.3, 0.4) is 0 Å². The topological polar surface area (TPSA) is 105 Å². The second kappa shape index (κ2) is 13.5. The predicted molar refractivity (Wildman–Crippen MR) is 149 cm³/mol. The molecule has 4 rings (SSSR count). The first-order chi connectivity index (χ1) is 18.4. The molecule has 0 radical (unpaired) electrons. The summed E-state index contributed by atoms with van der Waals surface area (Å²) in [5.74, 6) is 1.76. The second-order valence-corrected chi connectivity index (χ2v) is 10.2. The van der Waals surface area contributed by atoms with Gasteiger partial charge >= 0.3 is 11.3 Å². The van der Waals surface area contributed by atoms with Crippen molar-refractivity contribution in [2.24, 2.45) is 5.10 Å². The molecular formula is C27H35N5O5S. The van der Waals surface area contributed by atoms with Crippen molar-refractivity contribution >= 4 is 34.5 Å². The van der Waals surface area contributed by atoms with E-state index < -0.39 is 6.09 Å². The van der Waals surface area contributed by atoms with E-state index >= 15 is 0 Å². The molecule has 38 heavy (non-hydrogen) atoms. The van der Waals surface area contributed by atoms with Crippen molar-refractivity contribution in [2.45, 2.75) is 26.5 Å². The highest BCUT2D eigenvalue weighted by Crippen LogP contribution is 2.31. The summed E-state index contributed by atoms with van der Waals surface area (Å²) < 4.78 is 16.6. The zero-order chi connectivity index (χ0) is 26.9. The molecule has 1 saturated heterocycles. The van der Waals surface area contributed by atoms with Crippen LogP contribution in [-0.4, -0.2) is 85.3 Å². The number of nitrogens with one attached hydrogen (secondary N) is 2. The molecule has 0 aliphatic carbocycles. The van der Waals surface area contributed by atoms with Gasteiger partial charge in [0, 0.05) is 49.7 Å². The molecule has 0 saturated carbocycles. The molecule has 2 aliphatic heterocycles. The molecule has 0 spiro atoms. The van der Waals surface area contributed by atoms with Crippen LogP contribution in [0.2, 0.25) is 0 Å². The van der Waals surface area contributed by atoms with Gasteiger partial charge in [0.25, 0.3) is 0 Å². The Hall–Kier alpha value is -3.28. The summed E-state index contributed by atoms with van der Waals surface area (Å²) in [6.45, 7) is 9.14. The Morgan fingerprint density at radius 1 is 1.13 bits per heavy atom. The van der Waals surface area contributed by atoms with Gasteiger partial charge in [0.2, 0.25) is 0 Å². The first-order valence-electron chi connectivity index (χ1n) is 12.7. The molecule has 0 atom stereocenters. The van der Waals surface area contributed by atoms with Gasteiger partial charge < -0.3 is 19.5 Å². The third kappa shape index (κ3) is 7.86. The zero-order valence-electron chi connectivity index (χ0n) is 22.1. The van der Waals surface area contributed by atoms with E-state index in [9.17, 15) is 9.59 Å². The smallest absolute Gasteiger partial charge is 0.411 e. The number of hydrogen-bond donors (Lipinski definition) is 2. The van der Waals surface area contributed by atoms with Gasteiger partial charge in [-0.3, -0.25) is 15.0 Å². The molecule has 2 aromatic carbocycles. The Labute approximate surface area is 227 Å². The van der Waals surface area contributed by atoms with Gasteiger partial charge in [-0.2, -0.15) is 5.10 Å². The molecule has 0 aromatic heterocycles. The predicted octanol–water partition coefficient (Wildman–Crippen LogP) is 4.01. The third-order valence-corrected chi connectivity index (χ3v) is 6.90. The number of carbonyl (C=O) groups excluding carboxylic acids is 2. The van der Waals surface area contributed by atoms with Crippen LogP contribution in [0.1, 0.15) is 25.0 Å². The van der Waals surface area contributed by atoms with Crippen LogP contribution in [0.25, 0.3) is 0 Å². The fourth-order valence-electron chi connectivity index (χ4n) is 4.09. The summed E-state index contributed by atoms with van der Waals surface area (Å²) in [4.78, 5) is 27.0. The van der Waals surface area contributed by atoms with Crippen molar-refractivity contribution in [2.75, 3.05) is 57.5 Å². The van der Waals surface area contributed by atoms with E-state index in [1.807, 2.05) is 44.2 Å². The Kier molecular flexibility index (Phi) is 9.85. The van der Waals surface area contributed by atoms with Crippen LogP contribution in [0.4, 0.5) is 15.3 Å². The number of rotatable bonds is 10. The van der Waals surface area contributed by atoms with E-state index in [0.29, 0.717) is 36.1 Å². The minimum Gasteiger partial charge on any atom is -0.493 e. The van der Waals surface area contributed by atoms with Crippen molar-refractivity contribution in [3.63, 3.8) is 0 Å². The number of nitrogens with zero attached hydrogens (tertiary/aromatic N) is 3. The second-order valence-electron chi connectivity index (χ2n) is 9.24. The van der Waals surface area contributed by atoms with Crippen LogP contribution < -0.4 is 20.1 Å². The fourth-order valence-corrected chi connectivity index (χ4v) is 4.82. The maximum Gasteiger partial charge on any atom is 0.411 e. The van der Waals surface area contributed by atoms with Crippen LogP contribution in [-0.2, 0) is 11.3 Å². The number of hydrogen-bond acceptors (Lipinski definition) is 9. The number of benzene rings is 2. The number of thioether (sulfide) groups is 1. The molecule has 2 aromatic rings. The Morgan fingerprint density at radius 3 is 2.61 bits per heavy atom. The lowest BCUT2D eigenvalue weighted by Crippen LogP contribution is -2.44. The molecule has 1 fully saturated rings. The summed E-state index contributed by atoms with van der Waals surface area (Å²) in [7, 11) is 1.61. The van der Waals surface area contributed by atoms with Gasteiger partial charge in [-0.15, -0.1) is 0 Å². The molecular weight excluding hydrogens is 506 g/mol. The molecule has 2 N–H and O–H groups in total. The lowest BCUT2D eigenvalue weighted by atomic mass is 10.1. The normalized spacial score (nSPS) is 16.3. The average molecular weight is 542 g/mol. The van der Waals surface area contributed by atoms with Gasteiger partial charge in [-0.05, 0) is 49.7 Å². The van der Waals surface area contributed by atoms with E-state index in [1.165, 1.54) is 16.8 Å². The Morgan fingerprint density at radius 2 is 1.89 bits per heavy atom. The standard InChI is InChI=1S/C27H35N5O5S/c1-19(2)37-25-16-21(6-9-24(25)35-3)23-18-38-27(34)32(30-23)17-20-4-7-22(8-5-20)29-26(33)36-15-14-31-12-10-28-11-13-31/h4-9,16,19,28H,10-15,17-18H2,1-3H3,(H,29,33). The van der Waals surface area contributed by atoms with Gasteiger partial charge in [0.05, 0.1) is 25.5 Å². The van der Waals surface area contributed by atoms with Crippen molar-refractivity contribution in [1.82, 2.24) is 15.2 Å². The van der Waals surface area contributed by atoms with E-state index in [1.54, 1.807) is 19.2 Å². The van der Waals surface area contributed by atoms with Gasteiger partial charge in [0.15, 0.2) is 11.5 Å². The lowest BCUT2D eigenvalue weighted by molar-refractivity contribution is 0.134. The van der Waals surface area contributed by atoms with E-state index in [4.69, 9.17) is 14.2 Å². The summed E-state index contributed by atoms with van der Waals surface area (Å²) >= 11 is 1.21. The number of piperazine rings is 1. The summed E-state index contributed by atoms with van der Waals surface area (Å²) in [6, 6.07) is 13.0. The molecule has 0 bridgehead atoms. The number of carbonyl (C=O) groups is 2. The van der Waals surface area contributed by atoms with Crippen molar-refractivity contribution in [3.05, 3.63) is 53.6 Å². The van der Waals surface area contributed by atoms with Crippen molar-refractivity contribution in [3.8, 4) is 11.5 Å². The van der Waals surface area contributed by atoms with Crippen molar-refractivity contribution < 1.29 is 23.8 Å². The number of anilines is 1. The molecule has 204 valence electrons. The lowest BCUT2D eigenvalue weighted by Gasteiger charge is -2.26. The van der Waals surface area contributed by atoms with Gasteiger partial charge in [-0.25, -0.2) is 9.80 Å². The number of ether oxygens (including phenoxy) is 3. The van der Waals surface area contributed by atoms with Crippen molar-refractivity contribution in [1.29, 1.82) is 0 Å². The Bertz CT molecular complexity index is 1140. The zero-order valence-corrected chi connectivity index (χ0v) is 22.9. The van der Waals surface area contributed by atoms with E-state index in [0.717, 1.165) is 49.6 Å². The summed E-state index contributed by atoms with van der Waals surface area (Å²) in [6.07, 6.45) is -0.485. The molecule has 11 heteroatoms. The molecule has 0 unspecified atom stereocenters. The number of hydrazone groups is 1. The van der Waals surface area contributed by atoms with Crippen LogP contribution >= 0.6 is 11.8 Å². The van der Waals surface area contributed by atoms with E-state index in [2.05, 4.69) is 20.6 Å². The third-order valence-electron chi connectivity index (χ3n) is 6.03. The minimum atomic E-state index is -0.481. The average Bonchev–Trinajstić information content (AvgIpc) is 2.91. The quantitative estimate of drug-likeness (QED) is 0.465. The number of amides is 2. The monoisotopic (exact) mass is 541 g/mol. The SMILES string of the molecule is COc1ccc(C2=NN(Cc3ccc(NC(=O)OCCN4CCNCC4)cc3)C(=O)SC2)cc1OC(C)C. The molecule has 2 aliphatic rings. The summed E-state index contributed by atoms with van der Waals surface area (Å²) in [5.41, 5.74) is 3.18. The molecule has 10 nitrogen and oxygen atoms in total. The van der Waals surface area contributed by atoms with Crippen LogP contribution in [0, 0.1) is 0 Å². The fraction of sp³-hybridized carbons (Fsp3) is 0.444. The largest absolute Gasteiger partial charge is 0.493 e. The van der Waals surface area contributed by atoms with Gasteiger partial charge in [0.1, 0.15) is 6.61 Å². The van der Waals surface area contributed by atoms with Gasteiger partial charge in [-0.1, -0.05) is 23.9 Å². The molecule has 2 heterocycles. The maximum absolute atomic E-state index is 12.6.